The Morgan fingerprint density at radius 3 is 2.38 bits per heavy atom. The van der Waals surface area contributed by atoms with Crippen LogP contribution in [-0.4, -0.2) is 50.3 Å². The number of ether oxygens (including phenoxy) is 2. The van der Waals surface area contributed by atoms with E-state index in [1.807, 2.05) is 12.3 Å². The molecule has 1 aromatic carbocycles. The van der Waals surface area contributed by atoms with Crippen molar-refractivity contribution in [3.8, 4) is 11.5 Å². The first-order valence-electron chi connectivity index (χ1n) is 8.65. The molecule has 2 N–H and O–H groups in total. The van der Waals surface area contributed by atoms with E-state index in [9.17, 15) is 4.79 Å². The zero-order chi connectivity index (χ0) is 18.1. The second kappa shape index (κ2) is 6.84. The number of rotatable bonds is 5. The lowest BCUT2D eigenvalue weighted by molar-refractivity contribution is 0.102. The summed E-state index contributed by atoms with van der Waals surface area (Å²) in [7, 11) is 3.15. The third-order valence-corrected chi connectivity index (χ3v) is 4.88. The Morgan fingerprint density at radius 2 is 1.77 bits per heavy atom. The van der Waals surface area contributed by atoms with Gasteiger partial charge in [0.15, 0.2) is 0 Å². The van der Waals surface area contributed by atoms with Crippen LogP contribution in [0.25, 0.3) is 0 Å². The van der Waals surface area contributed by atoms with Crippen LogP contribution in [0, 0.1) is 0 Å². The maximum atomic E-state index is 12.7. The Balaban J connectivity index is 1.51. The Labute approximate surface area is 152 Å². The van der Waals surface area contributed by atoms with E-state index < -0.39 is 0 Å². The van der Waals surface area contributed by atoms with E-state index in [4.69, 9.17) is 9.47 Å². The summed E-state index contributed by atoms with van der Waals surface area (Å²) in [5.41, 5.74) is 2.12. The van der Waals surface area contributed by atoms with Gasteiger partial charge in [0, 0.05) is 55.3 Å². The molecule has 2 aromatic rings. The van der Waals surface area contributed by atoms with Crippen molar-refractivity contribution in [2.45, 2.75) is 18.5 Å². The standard InChI is InChI=1S/C19H22N4O3/c1-25-17-5-13(6-18(7-17)26-2)22-19(24)12-3-16(9-20-8-12)23-10-14-4-15(11-23)21-14/h3,5-9,14-15,21H,4,10-11H2,1-2H3,(H,22,24). The Kier molecular flexibility index (Phi) is 4.38. The Hall–Kier alpha value is -2.80. The molecule has 1 amide bonds. The highest BCUT2D eigenvalue weighted by Gasteiger charge is 2.36. The van der Waals surface area contributed by atoms with E-state index in [2.05, 4.69) is 20.5 Å². The van der Waals surface area contributed by atoms with E-state index in [-0.39, 0.29) is 5.91 Å². The number of anilines is 2. The summed E-state index contributed by atoms with van der Waals surface area (Å²) in [6.07, 6.45) is 4.64. The summed E-state index contributed by atoms with van der Waals surface area (Å²) < 4.78 is 10.5. The molecule has 4 heterocycles. The van der Waals surface area contributed by atoms with E-state index in [0.29, 0.717) is 34.8 Å². The molecule has 3 fully saturated rings. The van der Waals surface area contributed by atoms with Gasteiger partial charge in [0.2, 0.25) is 0 Å². The number of fused-ring (bicyclic) bond motifs is 2. The number of nitrogens with zero attached hydrogens (tertiary/aromatic N) is 2. The number of piperazine rings is 1. The van der Waals surface area contributed by atoms with Crippen LogP contribution in [0.5, 0.6) is 11.5 Å². The number of pyridine rings is 1. The SMILES string of the molecule is COc1cc(NC(=O)c2cncc(N3CC4CC(C3)N4)c2)cc(OC)c1. The topological polar surface area (TPSA) is 75.7 Å². The van der Waals surface area contributed by atoms with Gasteiger partial charge in [-0.05, 0) is 12.5 Å². The fraction of sp³-hybridized carbons (Fsp3) is 0.368. The first-order valence-corrected chi connectivity index (χ1v) is 8.65. The maximum absolute atomic E-state index is 12.7. The van der Waals surface area contributed by atoms with Gasteiger partial charge in [0.25, 0.3) is 5.91 Å². The molecule has 3 aliphatic heterocycles. The number of methoxy groups -OCH3 is 2. The summed E-state index contributed by atoms with van der Waals surface area (Å²) in [5.74, 6) is 1.02. The van der Waals surface area contributed by atoms with Crippen molar-refractivity contribution in [3.63, 3.8) is 0 Å². The van der Waals surface area contributed by atoms with Crippen LogP contribution < -0.4 is 25.0 Å². The third-order valence-electron chi connectivity index (χ3n) is 4.88. The number of piperidine rings is 1. The molecule has 0 aliphatic carbocycles. The summed E-state index contributed by atoms with van der Waals surface area (Å²) in [5, 5.41) is 6.39. The highest BCUT2D eigenvalue weighted by molar-refractivity contribution is 6.04. The van der Waals surface area contributed by atoms with Crippen molar-refractivity contribution in [2.24, 2.45) is 0 Å². The molecular weight excluding hydrogens is 332 g/mol. The minimum atomic E-state index is -0.213. The number of hydrogen-bond acceptors (Lipinski definition) is 6. The van der Waals surface area contributed by atoms with Crippen LogP contribution in [-0.2, 0) is 0 Å². The number of aromatic nitrogens is 1. The van der Waals surface area contributed by atoms with Gasteiger partial charge >= 0.3 is 0 Å². The summed E-state index contributed by atoms with van der Waals surface area (Å²) in [6.45, 7) is 1.91. The van der Waals surface area contributed by atoms with Crippen molar-refractivity contribution < 1.29 is 14.3 Å². The largest absolute Gasteiger partial charge is 0.497 e. The van der Waals surface area contributed by atoms with E-state index >= 15 is 0 Å². The molecule has 3 saturated heterocycles. The van der Waals surface area contributed by atoms with Crippen LogP contribution in [0.15, 0.2) is 36.7 Å². The average molecular weight is 354 g/mol. The molecule has 136 valence electrons. The molecule has 5 rings (SSSR count). The van der Waals surface area contributed by atoms with Gasteiger partial charge in [-0.15, -0.1) is 0 Å². The fourth-order valence-electron chi connectivity index (χ4n) is 3.53. The first-order chi connectivity index (χ1) is 12.6. The number of carbonyl (C=O) groups excluding carboxylic acids is 1. The van der Waals surface area contributed by atoms with Gasteiger partial charge < -0.3 is 25.0 Å². The zero-order valence-electron chi connectivity index (χ0n) is 14.9. The molecule has 3 aliphatic rings. The van der Waals surface area contributed by atoms with Gasteiger partial charge in [0.1, 0.15) is 11.5 Å². The minimum Gasteiger partial charge on any atom is -0.497 e. The lowest BCUT2D eigenvalue weighted by Gasteiger charge is -2.49. The van der Waals surface area contributed by atoms with E-state index in [1.54, 1.807) is 38.6 Å². The lowest BCUT2D eigenvalue weighted by atomic mass is 9.91. The van der Waals surface area contributed by atoms with Crippen LogP contribution in [0.3, 0.4) is 0 Å². The normalized spacial score (nSPS) is 20.9. The molecule has 26 heavy (non-hydrogen) atoms. The first kappa shape index (κ1) is 16.7. The van der Waals surface area contributed by atoms with Crippen LogP contribution in [0.1, 0.15) is 16.8 Å². The lowest BCUT2D eigenvalue weighted by Crippen LogP contribution is -2.67. The fourth-order valence-corrected chi connectivity index (χ4v) is 3.53. The summed E-state index contributed by atoms with van der Waals surface area (Å²) in [6, 6.07) is 8.26. The van der Waals surface area contributed by atoms with Crippen molar-refractivity contribution in [2.75, 3.05) is 37.5 Å². The van der Waals surface area contributed by atoms with Gasteiger partial charge in [0.05, 0.1) is 31.7 Å². The quantitative estimate of drug-likeness (QED) is 0.854. The van der Waals surface area contributed by atoms with Crippen molar-refractivity contribution in [1.82, 2.24) is 10.3 Å². The van der Waals surface area contributed by atoms with E-state index in [0.717, 1.165) is 18.8 Å². The molecule has 0 radical (unpaired) electrons. The van der Waals surface area contributed by atoms with Gasteiger partial charge in [-0.3, -0.25) is 9.78 Å². The molecule has 2 bridgehead atoms. The highest BCUT2D eigenvalue weighted by atomic mass is 16.5. The monoisotopic (exact) mass is 354 g/mol. The molecule has 7 heteroatoms. The maximum Gasteiger partial charge on any atom is 0.257 e. The number of benzene rings is 1. The Morgan fingerprint density at radius 1 is 1.12 bits per heavy atom. The average Bonchev–Trinajstić information content (AvgIpc) is 2.67. The molecule has 2 unspecified atom stereocenters. The molecule has 0 spiro atoms. The molecule has 7 nitrogen and oxygen atoms in total. The van der Waals surface area contributed by atoms with Gasteiger partial charge in [-0.25, -0.2) is 0 Å². The number of nitrogens with one attached hydrogen (secondary N) is 2. The second-order valence-corrected chi connectivity index (χ2v) is 6.69. The predicted octanol–water partition coefficient (Wildman–Crippen LogP) is 1.90. The molecular formula is C19H22N4O3. The smallest absolute Gasteiger partial charge is 0.257 e. The zero-order valence-corrected chi connectivity index (χ0v) is 14.9. The third kappa shape index (κ3) is 3.30. The van der Waals surface area contributed by atoms with Crippen molar-refractivity contribution in [3.05, 3.63) is 42.2 Å². The van der Waals surface area contributed by atoms with Crippen LogP contribution >= 0.6 is 0 Å². The van der Waals surface area contributed by atoms with Crippen LogP contribution in [0.2, 0.25) is 0 Å². The number of hydrogen-bond donors (Lipinski definition) is 2. The number of amides is 1. The van der Waals surface area contributed by atoms with Crippen molar-refractivity contribution in [1.29, 1.82) is 0 Å². The summed E-state index contributed by atoms with van der Waals surface area (Å²) in [4.78, 5) is 19.2. The van der Waals surface area contributed by atoms with Gasteiger partial charge in [-0.2, -0.15) is 0 Å². The molecule has 0 saturated carbocycles. The van der Waals surface area contributed by atoms with Gasteiger partial charge in [-0.1, -0.05) is 0 Å². The van der Waals surface area contributed by atoms with Crippen LogP contribution in [0.4, 0.5) is 11.4 Å². The highest BCUT2D eigenvalue weighted by Crippen LogP contribution is 2.28. The van der Waals surface area contributed by atoms with E-state index in [1.165, 1.54) is 6.42 Å². The molecule has 2 atom stereocenters. The number of carbonyl (C=O) groups is 1. The minimum absolute atomic E-state index is 0.213. The van der Waals surface area contributed by atoms with Crippen molar-refractivity contribution >= 4 is 17.3 Å². The Bertz CT molecular complexity index is 788. The summed E-state index contributed by atoms with van der Waals surface area (Å²) >= 11 is 0. The predicted molar refractivity (Wildman–Crippen MR) is 99.3 cm³/mol. The molecule has 1 aromatic heterocycles. The second-order valence-electron chi connectivity index (χ2n) is 6.69.